The fraction of sp³-hybridized carbons (Fsp3) is 0.895. The molecule has 0 aromatic carbocycles. The Morgan fingerprint density at radius 3 is 2.52 bits per heavy atom. The standard InChI is InChI=1S/C19H36N4O2/c1-15-7-5-11-22(13-15)17(20)21-10-9-16-8-6-12-23(14-16)18(24)25-19(2,3)4/h15-16H,5-14H2,1-4H3,(H2,20,21). The molecule has 2 heterocycles. The molecule has 144 valence electrons. The molecule has 2 aliphatic rings. The number of nitrogens with zero attached hydrogens (tertiary/aromatic N) is 3. The molecule has 2 unspecified atom stereocenters. The average Bonchev–Trinajstić information content (AvgIpc) is 2.53. The van der Waals surface area contributed by atoms with Crippen molar-refractivity contribution in [2.45, 2.75) is 65.4 Å². The van der Waals surface area contributed by atoms with Crippen LogP contribution in [0.4, 0.5) is 4.79 Å². The van der Waals surface area contributed by atoms with Crippen LogP contribution >= 0.6 is 0 Å². The quantitative estimate of drug-likeness (QED) is 0.626. The maximum atomic E-state index is 12.2. The number of amides is 1. The van der Waals surface area contributed by atoms with E-state index in [1.165, 1.54) is 12.8 Å². The summed E-state index contributed by atoms with van der Waals surface area (Å²) in [4.78, 5) is 20.9. The number of aliphatic imine (C=N–C) groups is 1. The molecular weight excluding hydrogens is 316 g/mol. The van der Waals surface area contributed by atoms with Crippen molar-refractivity contribution in [3.8, 4) is 0 Å². The lowest BCUT2D eigenvalue weighted by molar-refractivity contribution is 0.0163. The van der Waals surface area contributed by atoms with Crippen LogP contribution in [0.2, 0.25) is 0 Å². The van der Waals surface area contributed by atoms with Crippen molar-refractivity contribution in [1.82, 2.24) is 9.80 Å². The van der Waals surface area contributed by atoms with E-state index in [4.69, 9.17) is 10.5 Å². The summed E-state index contributed by atoms with van der Waals surface area (Å²) in [5, 5.41) is 0. The number of carbonyl (C=O) groups is 1. The number of hydrogen-bond acceptors (Lipinski definition) is 3. The monoisotopic (exact) mass is 352 g/mol. The van der Waals surface area contributed by atoms with Crippen molar-refractivity contribution >= 4 is 12.1 Å². The van der Waals surface area contributed by atoms with Crippen molar-refractivity contribution < 1.29 is 9.53 Å². The first-order valence-electron chi connectivity index (χ1n) is 9.77. The number of nitrogens with two attached hydrogens (primary N) is 1. The summed E-state index contributed by atoms with van der Waals surface area (Å²) in [5.41, 5.74) is 5.73. The Bertz CT molecular complexity index is 473. The third kappa shape index (κ3) is 6.75. The van der Waals surface area contributed by atoms with Gasteiger partial charge in [-0.15, -0.1) is 0 Å². The molecular formula is C19H36N4O2. The fourth-order valence-corrected chi connectivity index (χ4v) is 3.65. The van der Waals surface area contributed by atoms with Gasteiger partial charge < -0.3 is 20.3 Å². The molecule has 2 saturated heterocycles. The summed E-state index contributed by atoms with van der Waals surface area (Å²) in [6.07, 6.45) is 5.45. The molecule has 0 aromatic heterocycles. The van der Waals surface area contributed by atoms with Gasteiger partial charge in [-0.3, -0.25) is 4.99 Å². The Balaban J connectivity index is 1.76. The summed E-state index contributed by atoms with van der Waals surface area (Å²) in [7, 11) is 0. The van der Waals surface area contributed by atoms with E-state index in [1.54, 1.807) is 0 Å². The minimum atomic E-state index is -0.436. The average molecular weight is 353 g/mol. The van der Waals surface area contributed by atoms with Gasteiger partial charge in [0.2, 0.25) is 0 Å². The number of carbonyl (C=O) groups excluding carboxylic acids is 1. The number of ether oxygens (including phenoxy) is 1. The molecule has 2 atom stereocenters. The molecule has 25 heavy (non-hydrogen) atoms. The van der Waals surface area contributed by atoms with Gasteiger partial charge in [-0.05, 0) is 64.7 Å². The smallest absolute Gasteiger partial charge is 0.410 e. The minimum Gasteiger partial charge on any atom is -0.444 e. The highest BCUT2D eigenvalue weighted by atomic mass is 16.6. The first-order valence-corrected chi connectivity index (χ1v) is 9.77. The lowest BCUT2D eigenvalue weighted by Gasteiger charge is -2.34. The molecule has 6 heteroatoms. The molecule has 0 bridgehead atoms. The summed E-state index contributed by atoms with van der Waals surface area (Å²) in [6, 6.07) is 0. The Morgan fingerprint density at radius 2 is 1.84 bits per heavy atom. The zero-order chi connectivity index (χ0) is 18.4. The van der Waals surface area contributed by atoms with Crippen LogP contribution in [0.5, 0.6) is 0 Å². The summed E-state index contributed by atoms with van der Waals surface area (Å²) < 4.78 is 5.49. The van der Waals surface area contributed by atoms with E-state index in [0.717, 1.165) is 52.0 Å². The minimum absolute atomic E-state index is 0.192. The lowest BCUT2D eigenvalue weighted by Crippen LogP contribution is -2.44. The number of rotatable bonds is 3. The molecule has 2 fully saturated rings. The van der Waals surface area contributed by atoms with Gasteiger partial charge >= 0.3 is 6.09 Å². The van der Waals surface area contributed by atoms with Crippen LogP contribution in [-0.2, 0) is 4.74 Å². The van der Waals surface area contributed by atoms with Gasteiger partial charge in [-0.25, -0.2) is 4.79 Å². The van der Waals surface area contributed by atoms with Crippen molar-refractivity contribution in [2.75, 3.05) is 32.7 Å². The van der Waals surface area contributed by atoms with Gasteiger partial charge in [0, 0.05) is 32.7 Å². The van der Waals surface area contributed by atoms with Crippen LogP contribution in [0.1, 0.15) is 59.8 Å². The first kappa shape index (κ1) is 19.9. The van der Waals surface area contributed by atoms with E-state index in [-0.39, 0.29) is 6.09 Å². The molecule has 0 aliphatic carbocycles. The van der Waals surface area contributed by atoms with Gasteiger partial charge in [0.25, 0.3) is 0 Å². The number of guanidine groups is 1. The Labute approximate surface area is 152 Å². The Kier molecular flexibility index (Phi) is 6.96. The maximum Gasteiger partial charge on any atom is 0.410 e. The summed E-state index contributed by atoms with van der Waals surface area (Å²) in [6.45, 7) is 12.3. The molecule has 0 radical (unpaired) electrons. The topological polar surface area (TPSA) is 71.2 Å². The highest BCUT2D eigenvalue weighted by molar-refractivity contribution is 5.78. The maximum absolute atomic E-state index is 12.2. The normalized spacial score (nSPS) is 25.8. The third-order valence-corrected chi connectivity index (χ3v) is 4.96. The molecule has 0 spiro atoms. The second-order valence-corrected chi connectivity index (χ2v) is 8.66. The van der Waals surface area contributed by atoms with Gasteiger partial charge in [-0.1, -0.05) is 6.92 Å². The molecule has 0 aromatic rings. The van der Waals surface area contributed by atoms with Crippen LogP contribution in [-0.4, -0.2) is 60.2 Å². The molecule has 1 amide bonds. The number of likely N-dealkylation sites (tertiary alicyclic amines) is 2. The first-order chi connectivity index (χ1) is 11.7. The Hall–Kier alpha value is -1.46. The SMILES string of the molecule is CC1CCCN(C(N)=NCCC2CCCN(C(=O)OC(C)(C)C)C2)C1. The van der Waals surface area contributed by atoms with E-state index in [2.05, 4.69) is 16.8 Å². The van der Waals surface area contributed by atoms with E-state index in [1.807, 2.05) is 25.7 Å². The largest absolute Gasteiger partial charge is 0.444 e. The van der Waals surface area contributed by atoms with E-state index < -0.39 is 5.60 Å². The van der Waals surface area contributed by atoms with Crippen LogP contribution in [0, 0.1) is 11.8 Å². The molecule has 0 saturated carbocycles. The fourth-order valence-electron chi connectivity index (χ4n) is 3.65. The van der Waals surface area contributed by atoms with Crippen molar-refractivity contribution in [2.24, 2.45) is 22.6 Å². The van der Waals surface area contributed by atoms with Crippen LogP contribution in [0.15, 0.2) is 4.99 Å². The highest BCUT2D eigenvalue weighted by Gasteiger charge is 2.27. The zero-order valence-electron chi connectivity index (χ0n) is 16.5. The van der Waals surface area contributed by atoms with E-state index >= 15 is 0 Å². The Morgan fingerprint density at radius 1 is 1.16 bits per heavy atom. The lowest BCUT2D eigenvalue weighted by atomic mass is 9.95. The summed E-state index contributed by atoms with van der Waals surface area (Å²) >= 11 is 0. The van der Waals surface area contributed by atoms with Crippen molar-refractivity contribution in [3.05, 3.63) is 0 Å². The van der Waals surface area contributed by atoms with Crippen LogP contribution in [0.25, 0.3) is 0 Å². The van der Waals surface area contributed by atoms with Crippen LogP contribution < -0.4 is 5.73 Å². The van der Waals surface area contributed by atoms with Crippen molar-refractivity contribution in [3.63, 3.8) is 0 Å². The van der Waals surface area contributed by atoms with Crippen LogP contribution in [0.3, 0.4) is 0 Å². The van der Waals surface area contributed by atoms with Gasteiger partial charge in [-0.2, -0.15) is 0 Å². The van der Waals surface area contributed by atoms with Crippen molar-refractivity contribution in [1.29, 1.82) is 0 Å². The molecule has 6 nitrogen and oxygen atoms in total. The van der Waals surface area contributed by atoms with E-state index in [0.29, 0.717) is 17.8 Å². The summed E-state index contributed by atoms with van der Waals surface area (Å²) in [5.74, 6) is 1.87. The number of hydrogen-bond donors (Lipinski definition) is 1. The molecule has 2 N–H and O–H groups in total. The molecule has 2 rings (SSSR count). The second kappa shape index (κ2) is 8.77. The predicted molar refractivity (Wildman–Crippen MR) is 102 cm³/mol. The highest BCUT2D eigenvalue weighted by Crippen LogP contribution is 2.22. The third-order valence-electron chi connectivity index (χ3n) is 4.96. The zero-order valence-corrected chi connectivity index (χ0v) is 16.5. The molecule has 2 aliphatic heterocycles. The van der Waals surface area contributed by atoms with Gasteiger partial charge in [0.05, 0.1) is 0 Å². The second-order valence-electron chi connectivity index (χ2n) is 8.66. The van der Waals surface area contributed by atoms with Gasteiger partial charge in [0.1, 0.15) is 5.60 Å². The van der Waals surface area contributed by atoms with E-state index in [9.17, 15) is 4.79 Å². The van der Waals surface area contributed by atoms with Gasteiger partial charge in [0.15, 0.2) is 5.96 Å². The number of piperidine rings is 2. The predicted octanol–water partition coefficient (Wildman–Crippen LogP) is 3.07.